The Morgan fingerprint density at radius 1 is 1.11 bits per heavy atom. The van der Waals surface area contributed by atoms with Gasteiger partial charge in [-0.2, -0.15) is 8.42 Å². The Kier molecular flexibility index (Phi) is 7.02. The fourth-order valence-electron chi connectivity index (χ4n) is 4.18. The van der Waals surface area contributed by atoms with E-state index >= 15 is 0 Å². The smallest absolute Gasteiger partial charge is 0.264 e. The van der Waals surface area contributed by atoms with E-state index in [-0.39, 0.29) is 12.2 Å². The van der Waals surface area contributed by atoms with Crippen LogP contribution in [0.3, 0.4) is 0 Å². The molecule has 4 aromatic rings. The summed E-state index contributed by atoms with van der Waals surface area (Å²) >= 11 is 6.03. The standard InChI is InChI=1S/C25H25ClN2O6S/c1-14-22(15(2)34-28-14)21-12-17-11-18(13-33-35(4,30)31)25(29)27-23(17)20(24(21)32-3)10-7-16-5-8-19(26)9-6-16/h5-6,8-9,11-12H,7,10,13H2,1-4H3,(H,27,29). The average molecular weight is 517 g/mol. The number of ether oxygens (including phenoxy) is 1. The number of fused-ring (bicyclic) bond motifs is 1. The van der Waals surface area contributed by atoms with Crippen molar-refractivity contribution in [2.75, 3.05) is 13.4 Å². The summed E-state index contributed by atoms with van der Waals surface area (Å²) in [5.74, 6) is 1.24. The molecule has 2 heterocycles. The minimum Gasteiger partial charge on any atom is -0.496 e. The summed E-state index contributed by atoms with van der Waals surface area (Å²) in [6.45, 7) is 3.31. The van der Waals surface area contributed by atoms with Crippen LogP contribution < -0.4 is 10.3 Å². The monoisotopic (exact) mass is 516 g/mol. The van der Waals surface area contributed by atoms with Crippen molar-refractivity contribution in [2.24, 2.45) is 0 Å². The van der Waals surface area contributed by atoms with E-state index in [0.29, 0.717) is 46.0 Å². The fraction of sp³-hybridized carbons (Fsp3) is 0.280. The van der Waals surface area contributed by atoms with E-state index in [4.69, 9.17) is 25.0 Å². The van der Waals surface area contributed by atoms with E-state index in [0.717, 1.165) is 28.5 Å². The Morgan fingerprint density at radius 3 is 2.43 bits per heavy atom. The molecule has 10 heteroatoms. The molecule has 0 aliphatic rings. The molecule has 0 bridgehead atoms. The van der Waals surface area contributed by atoms with E-state index in [2.05, 4.69) is 10.1 Å². The predicted octanol–water partition coefficient (Wildman–Crippen LogP) is 4.72. The summed E-state index contributed by atoms with van der Waals surface area (Å²) in [6, 6.07) is 11.1. The van der Waals surface area contributed by atoms with E-state index < -0.39 is 15.7 Å². The summed E-state index contributed by atoms with van der Waals surface area (Å²) in [7, 11) is -2.13. The number of pyridine rings is 1. The molecule has 0 saturated heterocycles. The van der Waals surface area contributed by atoms with Crippen LogP contribution in [0.5, 0.6) is 5.75 Å². The van der Waals surface area contributed by atoms with Crippen LogP contribution >= 0.6 is 11.6 Å². The minimum absolute atomic E-state index is 0.196. The fourth-order valence-corrected chi connectivity index (χ4v) is 4.64. The van der Waals surface area contributed by atoms with Gasteiger partial charge in [0.15, 0.2) is 0 Å². The maximum atomic E-state index is 12.8. The first-order valence-corrected chi connectivity index (χ1v) is 13.0. The van der Waals surface area contributed by atoms with Crippen LogP contribution in [-0.2, 0) is 33.7 Å². The molecular weight excluding hydrogens is 492 g/mol. The van der Waals surface area contributed by atoms with Gasteiger partial charge in [0.05, 0.1) is 36.7 Å². The third-order valence-corrected chi connectivity index (χ3v) is 6.58. The zero-order valence-corrected chi connectivity index (χ0v) is 21.3. The highest BCUT2D eigenvalue weighted by molar-refractivity contribution is 7.85. The number of nitrogens with one attached hydrogen (secondary N) is 1. The highest BCUT2D eigenvalue weighted by Gasteiger charge is 2.22. The number of H-pyrrole nitrogens is 1. The van der Waals surface area contributed by atoms with Crippen molar-refractivity contribution in [1.29, 1.82) is 0 Å². The molecule has 0 atom stereocenters. The second kappa shape index (κ2) is 9.85. The Bertz CT molecular complexity index is 1540. The Morgan fingerprint density at radius 2 is 1.83 bits per heavy atom. The lowest BCUT2D eigenvalue weighted by molar-refractivity contribution is 0.310. The van der Waals surface area contributed by atoms with Crippen LogP contribution in [0.15, 0.2) is 45.7 Å². The van der Waals surface area contributed by atoms with Gasteiger partial charge >= 0.3 is 0 Å². The van der Waals surface area contributed by atoms with Crippen LogP contribution in [0.1, 0.15) is 28.1 Å². The third kappa shape index (κ3) is 5.42. The molecular formula is C25H25ClN2O6S. The molecule has 2 aromatic carbocycles. The van der Waals surface area contributed by atoms with Gasteiger partial charge in [0.2, 0.25) is 0 Å². The maximum Gasteiger partial charge on any atom is 0.264 e. The number of benzene rings is 2. The van der Waals surface area contributed by atoms with E-state index in [1.54, 1.807) is 13.2 Å². The lowest BCUT2D eigenvalue weighted by atomic mass is 9.93. The van der Waals surface area contributed by atoms with Gasteiger partial charge in [0, 0.05) is 21.7 Å². The van der Waals surface area contributed by atoms with Crippen LogP contribution in [-0.4, -0.2) is 31.9 Å². The second-order valence-corrected chi connectivity index (χ2v) is 10.4. The zero-order chi connectivity index (χ0) is 25.3. The molecule has 0 radical (unpaired) electrons. The number of hydrogen-bond acceptors (Lipinski definition) is 7. The van der Waals surface area contributed by atoms with Crippen molar-refractivity contribution >= 4 is 32.6 Å². The molecule has 8 nitrogen and oxygen atoms in total. The normalized spacial score (nSPS) is 11.8. The number of nitrogens with zero attached hydrogens (tertiary/aromatic N) is 1. The number of aromatic amines is 1. The van der Waals surface area contributed by atoms with Gasteiger partial charge in [-0.15, -0.1) is 0 Å². The molecule has 0 spiro atoms. The molecule has 0 amide bonds. The van der Waals surface area contributed by atoms with Crippen LogP contribution in [0.25, 0.3) is 22.0 Å². The maximum absolute atomic E-state index is 12.8. The summed E-state index contributed by atoms with van der Waals surface area (Å²) in [5.41, 5.74) is 4.53. The van der Waals surface area contributed by atoms with Gasteiger partial charge in [-0.1, -0.05) is 28.9 Å². The van der Waals surface area contributed by atoms with Gasteiger partial charge < -0.3 is 14.2 Å². The van der Waals surface area contributed by atoms with Gasteiger partial charge in [0.25, 0.3) is 15.7 Å². The highest BCUT2D eigenvalue weighted by atomic mass is 35.5. The number of halogens is 1. The van der Waals surface area contributed by atoms with Gasteiger partial charge in [-0.25, -0.2) is 0 Å². The molecule has 0 fully saturated rings. The molecule has 4 rings (SSSR count). The highest BCUT2D eigenvalue weighted by Crippen LogP contribution is 2.41. The SMILES string of the molecule is COc1c(-c2c(C)noc2C)cc2cc(COS(C)(=O)=O)c(=O)[nH]c2c1CCc1ccc(Cl)cc1. The number of aryl methyl sites for hydroxylation is 4. The Hall–Kier alpha value is -3.14. The largest absolute Gasteiger partial charge is 0.496 e. The number of aromatic nitrogens is 2. The predicted molar refractivity (Wildman–Crippen MR) is 135 cm³/mol. The van der Waals surface area contributed by atoms with Crippen LogP contribution in [0.2, 0.25) is 5.02 Å². The van der Waals surface area contributed by atoms with Crippen LogP contribution in [0, 0.1) is 13.8 Å². The second-order valence-electron chi connectivity index (χ2n) is 8.32. The van der Waals surface area contributed by atoms with Gasteiger partial charge in [-0.3, -0.25) is 8.98 Å². The number of rotatable bonds is 8. The molecule has 184 valence electrons. The summed E-state index contributed by atoms with van der Waals surface area (Å²) < 4.78 is 39.1. The molecule has 35 heavy (non-hydrogen) atoms. The molecule has 0 aliphatic carbocycles. The lowest BCUT2D eigenvalue weighted by Crippen LogP contribution is -2.16. The zero-order valence-electron chi connectivity index (χ0n) is 19.8. The first kappa shape index (κ1) is 25.0. The quantitative estimate of drug-likeness (QED) is 0.337. The summed E-state index contributed by atoms with van der Waals surface area (Å²) in [6.07, 6.45) is 2.18. The van der Waals surface area contributed by atoms with Crippen molar-refractivity contribution in [3.8, 4) is 16.9 Å². The molecule has 0 unspecified atom stereocenters. The minimum atomic E-state index is -3.71. The van der Waals surface area contributed by atoms with Gasteiger partial charge in [-0.05, 0) is 61.9 Å². The van der Waals surface area contributed by atoms with E-state index in [1.807, 2.05) is 44.2 Å². The Balaban J connectivity index is 1.91. The Labute approximate surface area is 207 Å². The summed E-state index contributed by atoms with van der Waals surface area (Å²) in [4.78, 5) is 15.7. The van der Waals surface area contributed by atoms with Crippen molar-refractivity contribution in [3.63, 3.8) is 0 Å². The molecule has 0 aliphatic heterocycles. The first-order valence-electron chi connectivity index (χ1n) is 10.8. The third-order valence-electron chi connectivity index (χ3n) is 5.78. The number of hydrogen-bond donors (Lipinski definition) is 1. The van der Waals surface area contributed by atoms with Gasteiger partial charge in [0.1, 0.15) is 11.5 Å². The van der Waals surface area contributed by atoms with Crippen molar-refractivity contribution in [3.05, 3.63) is 79.9 Å². The number of methoxy groups -OCH3 is 1. The topological polar surface area (TPSA) is 111 Å². The van der Waals surface area contributed by atoms with Crippen molar-refractivity contribution in [2.45, 2.75) is 33.3 Å². The molecule has 2 aromatic heterocycles. The lowest BCUT2D eigenvalue weighted by Gasteiger charge is -2.17. The van der Waals surface area contributed by atoms with E-state index in [1.165, 1.54) is 0 Å². The molecule has 1 N–H and O–H groups in total. The average Bonchev–Trinajstić information content (AvgIpc) is 3.14. The van der Waals surface area contributed by atoms with E-state index in [9.17, 15) is 13.2 Å². The van der Waals surface area contributed by atoms with Crippen molar-refractivity contribution in [1.82, 2.24) is 10.1 Å². The van der Waals surface area contributed by atoms with Crippen molar-refractivity contribution < 1.29 is 21.9 Å². The first-order chi connectivity index (χ1) is 16.6. The van der Waals surface area contributed by atoms with Crippen LogP contribution in [0.4, 0.5) is 0 Å². The summed E-state index contributed by atoms with van der Waals surface area (Å²) in [5, 5.41) is 5.44. The molecule has 0 saturated carbocycles.